The first-order valence-corrected chi connectivity index (χ1v) is 12.1. The smallest absolute Gasteiger partial charge is 0.329 e. The monoisotopic (exact) mass is 502 g/mol. The number of nitrogens with one attached hydrogen (secondary N) is 2. The third-order valence-corrected chi connectivity index (χ3v) is 6.69. The number of methoxy groups -OCH3 is 1. The molecule has 1 amide bonds. The maximum absolute atomic E-state index is 14.6. The third-order valence-electron chi connectivity index (χ3n) is 6.69. The van der Waals surface area contributed by atoms with E-state index >= 15 is 0 Å². The number of rotatable bonds is 7. The molecule has 190 valence electrons. The Bertz CT molecular complexity index is 1560. The molecule has 37 heavy (non-hydrogen) atoms. The minimum absolute atomic E-state index is 0.0760. The molecule has 1 aliphatic rings. The van der Waals surface area contributed by atoms with Gasteiger partial charge in [-0.15, -0.1) is 0 Å². The Kier molecular flexibility index (Phi) is 6.87. The Morgan fingerprint density at radius 2 is 1.81 bits per heavy atom. The molecule has 1 saturated heterocycles. The SMILES string of the molecule is COc1ccc(CN2CCC(NC(=O)c3cc(Cn4c(=O)[nH]c(=O)c5ccccc54)ccc3F)C2)cc1. The van der Waals surface area contributed by atoms with Gasteiger partial charge in [0.05, 0.1) is 30.1 Å². The summed E-state index contributed by atoms with van der Waals surface area (Å²) in [7, 11) is 1.63. The van der Waals surface area contributed by atoms with Gasteiger partial charge in [-0.25, -0.2) is 9.18 Å². The van der Waals surface area contributed by atoms with Crippen LogP contribution in [-0.4, -0.2) is 46.6 Å². The zero-order valence-corrected chi connectivity index (χ0v) is 20.4. The molecule has 2 heterocycles. The van der Waals surface area contributed by atoms with Gasteiger partial charge in [-0.05, 0) is 53.9 Å². The van der Waals surface area contributed by atoms with Gasteiger partial charge in [0.1, 0.15) is 11.6 Å². The van der Waals surface area contributed by atoms with Crippen LogP contribution in [0.5, 0.6) is 5.75 Å². The van der Waals surface area contributed by atoms with E-state index in [1.54, 1.807) is 31.4 Å². The molecular formula is C28H27FN4O4. The molecule has 9 heteroatoms. The summed E-state index contributed by atoms with van der Waals surface area (Å²) in [6.07, 6.45) is 0.766. The molecule has 2 N–H and O–H groups in total. The lowest BCUT2D eigenvalue weighted by molar-refractivity contribution is 0.0933. The Morgan fingerprint density at radius 1 is 1.05 bits per heavy atom. The lowest BCUT2D eigenvalue weighted by Gasteiger charge is -2.17. The first kappa shape index (κ1) is 24.5. The summed E-state index contributed by atoms with van der Waals surface area (Å²) in [6, 6.07) is 18.8. The van der Waals surface area contributed by atoms with Crippen LogP contribution in [0.15, 0.2) is 76.3 Å². The molecule has 0 saturated carbocycles. The number of carbonyl (C=O) groups excluding carboxylic acids is 1. The van der Waals surface area contributed by atoms with E-state index in [0.717, 1.165) is 30.8 Å². The van der Waals surface area contributed by atoms with Crippen molar-refractivity contribution in [1.82, 2.24) is 19.8 Å². The molecule has 1 fully saturated rings. The highest BCUT2D eigenvalue weighted by molar-refractivity contribution is 5.95. The zero-order chi connectivity index (χ0) is 25.9. The minimum Gasteiger partial charge on any atom is -0.497 e. The summed E-state index contributed by atoms with van der Waals surface area (Å²) in [4.78, 5) is 42.2. The Labute approximate surface area is 212 Å². The minimum atomic E-state index is -0.631. The van der Waals surface area contributed by atoms with Crippen molar-refractivity contribution < 1.29 is 13.9 Å². The molecule has 0 radical (unpaired) electrons. The van der Waals surface area contributed by atoms with Gasteiger partial charge in [-0.1, -0.05) is 30.3 Å². The molecule has 3 aromatic carbocycles. The van der Waals surface area contributed by atoms with Gasteiger partial charge >= 0.3 is 5.69 Å². The van der Waals surface area contributed by atoms with Crippen molar-refractivity contribution in [2.24, 2.45) is 0 Å². The maximum Gasteiger partial charge on any atom is 0.329 e. The van der Waals surface area contributed by atoms with Crippen molar-refractivity contribution >= 4 is 16.8 Å². The lowest BCUT2D eigenvalue weighted by Crippen LogP contribution is -2.37. The van der Waals surface area contributed by atoms with Crippen molar-refractivity contribution in [3.8, 4) is 5.75 Å². The van der Waals surface area contributed by atoms with Crippen molar-refractivity contribution in [2.45, 2.75) is 25.6 Å². The zero-order valence-electron chi connectivity index (χ0n) is 20.4. The molecule has 4 aromatic rings. The van der Waals surface area contributed by atoms with E-state index in [4.69, 9.17) is 4.74 Å². The van der Waals surface area contributed by atoms with Crippen LogP contribution in [0.2, 0.25) is 0 Å². The van der Waals surface area contributed by atoms with E-state index in [2.05, 4.69) is 15.2 Å². The largest absolute Gasteiger partial charge is 0.497 e. The molecule has 1 aromatic heterocycles. The van der Waals surface area contributed by atoms with E-state index < -0.39 is 23.0 Å². The second kappa shape index (κ2) is 10.4. The van der Waals surface area contributed by atoms with Gasteiger partial charge in [-0.3, -0.25) is 24.0 Å². The number of hydrogen-bond donors (Lipinski definition) is 2. The predicted molar refractivity (Wildman–Crippen MR) is 138 cm³/mol. The highest BCUT2D eigenvalue weighted by Crippen LogP contribution is 2.18. The number of aromatic nitrogens is 2. The molecule has 1 aliphatic heterocycles. The number of fused-ring (bicyclic) bond motifs is 1. The fourth-order valence-electron chi connectivity index (χ4n) is 4.77. The molecule has 0 spiro atoms. The molecule has 1 unspecified atom stereocenters. The Hall–Kier alpha value is -4.24. The lowest BCUT2D eigenvalue weighted by atomic mass is 10.1. The second-order valence-corrected chi connectivity index (χ2v) is 9.22. The predicted octanol–water partition coefficient (Wildman–Crippen LogP) is 2.89. The number of hydrogen-bond acceptors (Lipinski definition) is 5. The molecule has 1 atom stereocenters. The van der Waals surface area contributed by atoms with Gasteiger partial charge in [0, 0.05) is 25.7 Å². The van der Waals surface area contributed by atoms with Crippen LogP contribution in [0.3, 0.4) is 0 Å². The van der Waals surface area contributed by atoms with Crippen LogP contribution in [0.1, 0.15) is 27.9 Å². The van der Waals surface area contributed by atoms with Crippen LogP contribution >= 0.6 is 0 Å². The molecule has 0 aliphatic carbocycles. The molecule has 8 nitrogen and oxygen atoms in total. The quantitative estimate of drug-likeness (QED) is 0.405. The van der Waals surface area contributed by atoms with Crippen molar-refractivity contribution in [3.05, 3.63) is 110 Å². The van der Waals surface area contributed by atoms with E-state index in [1.807, 2.05) is 24.3 Å². The number of benzene rings is 3. The molecule has 5 rings (SSSR count). The third kappa shape index (κ3) is 5.31. The van der Waals surface area contributed by atoms with Gasteiger partial charge in [0.25, 0.3) is 11.5 Å². The van der Waals surface area contributed by atoms with Crippen LogP contribution in [-0.2, 0) is 13.1 Å². The summed E-state index contributed by atoms with van der Waals surface area (Å²) in [6.45, 7) is 2.32. The van der Waals surface area contributed by atoms with E-state index in [1.165, 1.54) is 22.8 Å². The summed E-state index contributed by atoms with van der Waals surface area (Å²) in [5.74, 6) is -0.319. The van der Waals surface area contributed by atoms with Crippen molar-refractivity contribution in [3.63, 3.8) is 0 Å². The number of likely N-dealkylation sites (tertiary alicyclic amines) is 1. The number of H-pyrrole nitrogens is 1. The number of aromatic amines is 1. The van der Waals surface area contributed by atoms with Crippen molar-refractivity contribution in [1.29, 1.82) is 0 Å². The first-order valence-electron chi connectivity index (χ1n) is 12.1. The molecule has 0 bridgehead atoms. The normalized spacial score (nSPS) is 15.7. The number of carbonyl (C=O) groups is 1. The van der Waals surface area contributed by atoms with Gasteiger partial charge in [-0.2, -0.15) is 0 Å². The van der Waals surface area contributed by atoms with Crippen LogP contribution in [0.4, 0.5) is 4.39 Å². The van der Waals surface area contributed by atoms with Gasteiger partial charge < -0.3 is 10.1 Å². The average molecular weight is 503 g/mol. The van der Waals surface area contributed by atoms with Crippen LogP contribution in [0, 0.1) is 5.82 Å². The average Bonchev–Trinajstić information content (AvgIpc) is 3.34. The van der Waals surface area contributed by atoms with Gasteiger partial charge in [0.2, 0.25) is 0 Å². The Balaban J connectivity index is 1.28. The number of para-hydroxylation sites is 1. The van der Waals surface area contributed by atoms with E-state index in [9.17, 15) is 18.8 Å². The first-order chi connectivity index (χ1) is 17.9. The highest BCUT2D eigenvalue weighted by atomic mass is 19.1. The van der Waals surface area contributed by atoms with E-state index in [-0.39, 0.29) is 18.2 Å². The summed E-state index contributed by atoms with van der Waals surface area (Å²) >= 11 is 0. The number of nitrogens with zero attached hydrogens (tertiary/aromatic N) is 2. The fraction of sp³-hybridized carbons (Fsp3) is 0.250. The second-order valence-electron chi connectivity index (χ2n) is 9.22. The number of amides is 1. The van der Waals surface area contributed by atoms with Crippen molar-refractivity contribution in [2.75, 3.05) is 20.2 Å². The number of halogens is 1. The summed E-state index contributed by atoms with van der Waals surface area (Å²) < 4.78 is 21.2. The van der Waals surface area contributed by atoms with Crippen LogP contribution < -0.4 is 21.3 Å². The standard InChI is InChI=1S/C28H27FN4O4/c1-37-21-9-6-18(7-10-21)15-32-13-12-20(17-32)30-27(35)23-14-19(8-11-24(23)29)16-33-25-5-3-2-4-22(25)26(34)31-28(33)36/h2-11,14,20H,12-13,15-17H2,1H3,(H,30,35)(H,31,34,36). The maximum atomic E-state index is 14.6. The summed E-state index contributed by atoms with van der Waals surface area (Å²) in [5.41, 5.74) is 1.08. The molecular weight excluding hydrogens is 475 g/mol. The number of ether oxygens (including phenoxy) is 1. The highest BCUT2D eigenvalue weighted by Gasteiger charge is 2.25. The van der Waals surface area contributed by atoms with Gasteiger partial charge in [0.15, 0.2) is 0 Å². The Morgan fingerprint density at radius 3 is 2.59 bits per heavy atom. The topological polar surface area (TPSA) is 96.4 Å². The fourth-order valence-corrected chi connectivity index (χ4v) is 4.77. The van der Waals surface area contributed by atoms with Crippen LogP contribution in [0.25, 0.3) is 10.9 Å². The summed E-state index contributed by atoms with van der Waals surface area (Å²) in [5, 5.41) is 3.33. The van der Waals surface area contributed by atoms with E-state index in [0.29, 0.717) is 23.0 Å².